The van der Waals surface area contributed by atoms with E-state index in [0.717, 1.165) is 31.2 Å². The average Bonchev–Trinajstić information content (AvgIpc) is 2.41. The highest BCUT2D eigenvalue weighted by molar-refractivity contribution is 7.91. The van der Waals surface area contributed by atoms with E-state index >= 15 is 0 Å². The number of rotatable bonds is 4. The zero-order chi connectivity index (χ0) is 13.9. The molecule has 2 N–H and O–H groups in total. The minimum atomic E-state index is -3.13. The molecule has 0 aromatic heterocycles. The summed E-state index contributed by atoms with van der Waals surface area (Å²) in [5, 5.41) is 0.348. The maximum atomic E-state index is 12.5. The SMILES string of the molecule is NCC1CCCCC1S(=O)(=O)Cc1ccc(Cl)cc1. The van der Waals surface area contributed by atoms with Crippen LogP contribution in [0.15, 0.2) is 24.3 Å². The topological polar surface area (TPSA) is 60.2 Å². The second-order valence-corrected chi connectivity index (χ2v) is 7.91. The van der Waals surface area contributed by atoms with Gasteiger partial charge in [-0.3, -0.25) is 0 Å². The lowest BCUT2D eigenvalue weighted by Gasteiger charge is -2.30. The molecule has 0 bridgehead atoms. The molecule has 1 aromatic carbocycles. The largest absolute Gasteiger partial charge is 0.330 e. The predicted octanol–water partition coefficient (Wildman–Crippen LogP) is 2.77. The van der Waals surface area contributed by atoms with E-state index in [1.54, 1.807) is 24.3 Å². The van der Waals surface area contributed by atoms with E-state index in [9.17, 15) is 8.42 Å². The van der Waals surface area contributed by atoms with Crippen molar-refractivity contribution in [2.75, 3.05) is 6.54 Å². The molecule has 2 unspecified atom stereocenters. The molecule has 0 heterocycles. The van der Waals surface area contributed by atoms with E-state index < -0.39 is 9.84 Å². The fourth-order valence-electron chi connectivity index (χ4n) is 2.84. The smallest absolute Gasteiger partial charge is 0.157 e. The van der Waals surface area contributed by atoms with Crippen molar-refractivity contribution >= 4 is 21.4 Å². The Balaban J connectivity index is 2.14. The second kappa shape index (κ2) is 6.25. The second-order valence-electron chi connectivity index (χ2n) is 5.25. The monoisotopic (exact) mass is 301 g/mol. The molecule has 1 aromatic rings. The molecular weight excluding hydrogens is 282 g/mol. The van der Waals surface area contributed by atoms with Crippen molar-refractivity contribution in [3.05, 3.63) is 34.9 Å². The standard InChI is InChI=1S/C14H20ClNO2S/c15-13-7-5-11(6-8-13)10-19(17,18)14-4-2-1-3-12(14)9-16/h5-8,12,14H,1-4,9-10,16H2. The van der Waals surface area contributed by atoms with Gasteiger partial charge in [0, 0.05) is 5.02 Å². The van der Waals surface area contributed by atoms with Crippen LogP contribution in [-0.2, 0) is 15.6 Å². The van der Waals surface area contributed by atoms with Gasteiger partial charge in [0.2, 0.25) is 0 Å². The molecule has 2 atom stereocenters. The quantitative estimate of drug-likeness (QED) is 0.930. The van der Waals surface area contributed by atoms with Crippen molar-refractivity contribution in [1.82, 2.24) is 0 Å². The molecule has 2 rings (SSSR count). The van der Waals surface area contributed by atoms with Crippen LogP contribution in [0.4, 0.5) is 0 Å². The maximum Gasteiger partial charge on any atom is 0.157 e. The van der Waals surface area contributed by atoms with Gasteiger partial charge in [-0.1, -0.05) is 36.6 Å². The van der Waals surface area contributed by atoms with Crippen LogP contribution < -0.4 is 5.73 Å². The van der Waals surface area contributed by atoms with Crippen LogP contribution >= 0.6 is 11.6 Å². The zero-order valence-corrected chi connectivity index (χ0v) is 12.5. The van der Waals surface area contributed by atoms with Crippen LogP contribution in [0.3, 0.4) is 0 Å². The van der Waals surface area contributed by atoms with Crippen molar-refractivity contribution in [3.8, 4) is 0 Å². The van der Waals surface area contributed by atoms with Gasteiger partial charge in [-0.05, 0) is 43.0 Å². The number of nitrogens with two attached hydrogens (primary N) is 1. The van der Waals surface area contributed by atoms with Crippen LogP contribution in [0.5, 0.6) is 0 Å². The minimum absolute atomic E-state index is 0.0886. The van der Waals surface area contributed by atoms with Gasteiger partial charge in [0.25, 0.3) is 0 Å². The number of hydrogen-bond donors (Lipinski definition) is 1. The Labute approximate surface area is 120 Å². The fourth-order valence-corrected chi connectivity index (χ4v) is 5.19. The Kier molecular flexibility index (Phi) is 4.87. The van der Waals surface area contributed by atoms with Gasteiger partial charge in [0.1, 0.15) is 0 Å². The third kappa shape index (κ3) is 3.71. The van der Waals surface area contributed by atoms with Gasteiger partial charge in [-0.15, -0.1) is 0 Å². The molecule has 19 heavy (non-hydrogen) atoms. The number of hydrogen-bond acceptors (Lipinski definition) is 3. The molecule has 0 aliphatic heterocycles. The van der Waals surface area contributed by atoms with Gasteiger partial charge in [0.05, 0.1) is 11.0 Å². The minimum Gasteiger partial charge on any atom is -0.330 e. The van der Waals surface area contributed by atoms with Crippen molar-refractivity contribution in [3.63, 3.8) is 0 Å². The van der Waals surface area contributed by atoms with Crippen molar-refractivity contribution < 1.29 is 8.42 Å². The predicted molar refractivity (Wildman–Crippen MR) is 78.9 cm³/mol. The summed E-state index contributed by atoms with van der Waals surface area (Å²) >= 11 is 5.81. The van der Waals surface area contributed by atoms with Crippen LogP contribution in [0.2, 0.25) is 5.02 Å². The first-order valence-corrected chi connectivity index (χ1v) is 8.78. The average molecular weight is 302 g/mol. The highest BCUT2D eigenvalue weighted by Crippen LogP contribution is 2.30. The Bertz CT molecular complexity index is 513. The molecule has 1 aliphatic carbocycles. The van der Waals surface area contributed by atoms with Gasteiger partial charge in [0.15, 0.2) is 9.84 Å². The molecule has 0 radical (unpaired) electrons. The van der Waals surface area contributed by atoms with E-state index in [4.69, 9.17) is 17.3 Å². The van der Waals surface area contributed by atoms with Crippen LogP contribution in [0, 0.1) is 5.92 Å². The molecule has 5 heteroatoms. The summed E-state index contributed by atoms with van der Waals surface area (Å²) in [4.78, 5) is 0. The highest BCUT2D eigenvalue weighted by Gasteiger charge is 2.34. The summed E-state index contributed by atoms with van der Waals surface area (Å²) in [7, 11) is -3.13. The number of sulfone groups is 1. The summed E-state index contributed by atoms with van der Waals surface area (Å²) in [6.07, 6.45) is 3.76. The van der Waals surface area contributed by atoms with Crippen molar-refractivity contribution in [1.29, 1.82) is 0 Å². The van der Waals surface area contributed by atoms with Crippen molar-refractivity contribution in [2.24, 2.45) is 11.7 Å². The first kappa shape index (κ1) is 14.8. The molecule has 1 saturated carbocycles. The van der Waals surface area contributed by atoms with Gasteiger partial charge in [-0.25, -0.2) is 8.42 Å². The number of halogens is 1. The molecule has 0 amide bonds. The third-order valence-electron chi connectivity index (χ3n) is 3.88. The molecular formula is C14H20ClNO2S. The van der Waals surface area contributed by atoms with E-state index in [1.165, 1.54) is 0 Å². The van der Waals surface area contributed by atoms with Gasteiger partial charge >= 0.3 is 0 Å². The lowest BCUT2D eigenvalue weighted by Crippen LogP contribution is -2.37. The molecule has 0 spiro atoms. The van der Waals surface area contributed by atoms with Crippen molar-refractivity contribution in [2.45, 2.75) is 36.7 Å². The van der Waals surface area contributed by atoms with E-state index in [2.05, 4.69) is 0 Å². The van der Waals surface area contributed by atoms with Gasteiger partial charge in [-0.2, -0.15) is 0 Å². The Morgan fingerprint density at radius 2 is 1.79 bits per heavy atom. The van der Waals surface area contributed by atoms with Crippen LogP contribution in [0.25, 0.3) is 0 Å². The van der Waals surface area contributed by atoms with E-state index in [1.807, 2.05) is 0 Å². The molecule has 0 saturated heterocycles. The first-order valence-electron chi connectivity index (χ1n) is 6.69. The van der Waals surface area contributed by atoms with Crippen LogP contribution in [-0.4, -0.2) is 20.2 Å². The Morgan fingerprint density at radius 1 is 1.16 bits per heavy atom. The lowest BCUT2D eigenvalue weighted by molar-refractivity contribution is 0.363. The summed E-state index contributed by atoms with van der Waals surface area (Å²) in [6, 6.07) is 7.02. The van der Waals surface area contributed by atoms with Gasteiger partial charge < -0.3 is 5.73 Å². The van der Waals surface area contributed by atoms with E-state index in [0.29, 0.717) is 11.6 Å². The zero-order valence-electron chi connectivity index (χ0n) is 10.9. The summed E-state index contributed by atoms with van der Waals surface area (Å²) < 4.78 is 25.0. The Morgan fingerprint density at radius 3 is 2.42 bits per heavy atom. The molecule has 106 valence electrons. The molecule has 1 fully saturated rings. The first-order chi connectivity index (χ1) is 9.03. The Hall–Kier alpha value is -0.580. The van der Waals surface area contributed by atoms with E-state index in [-0.39, 0.29) is 16.9 Å². The fraction of sp³-hybridized carbons (Fsp3) is 0.571. The molecule has 3 nitrogen and oxygen atoms in total. The lowest BCUT2D eigenvalue weighted by atomic mass is 9.89. The summed E-state index contributed by atoms with van der Waals surface area (Å²) in [6.45, 7) is 0.463. The third-order valence-corrected chi connectivity index (χ3v) is 6.42. The summed E-state index contributed by atoms with van der Waals surface area (Å²) in [5.41, 5.74) is 6.52. The van der Waals surface area contributed by atoms with Crippen LogP contribution in [0.1, 0.15) is 31.2 Å². The maximum absolute atomic E-state index is 12.5. The normalized spacial score (nSPS) is 24.3. The molecule has 1 aliphatic rings. The summed E-state index contributed by atoms with van der Waals surface area (Å²) in [5.74, 6) is 0.205. The highest BCUT2D eigenvalue weighted by atomic mass is 35.5. The number of benzene rings is 1.